The number of hydrazone groups is 1. The molecular formula is C27H36N2O8S. The molecule has 2 aliphatic carbocycles. The number of carbonyl (C=O) groups excluding carboxylic acids is 4. The van der Waals surface area contributed by atoms with Gasteiger partial charge >= 0.3 is 5.97 Å². The zero-order chi connectivity index (χ0) is 27.5. The van der Waals surface area contributed by atoms with Gasteiger partial charge in [-0.25, -0.2) is 5.43 Å². The minimum atomic E-state index is -1.24. The summed E-state index contributed by atoms with van der Waals surface area (Å²) >= 11 is 4.39. The number of thiol groups is 1. The van der Waals surface area contributed by atoms with Crippen molar-refractivity contribution in [2.24, 2.45) is 5.10 Å². The molecule has 0 saturated heterocycles. The van der Waals surface area contributed by atoms with E-state index in [4.69, 9.17) is 18.9 Å². The number of fused-ring (bicyclic) bond motifs is 1. The fraction of sp³-hybridized carbons (Fsp3) is 0.593. The number of carbonyl (C=O) groups is 4. The smallest absolute Gasteiger partial charge is 0.309 e. The summed E-state index contributed by atoms with van der Waals surface area (Å²) in [5, 5.41) is 4.35. The molecule has 1 fully saturated rings. The fourth-order valence-corrected chi connectivity index (χ4v) is 4.26. The van der Waals surface area contributed by atoms with Crippen LogP contribution in [0.1, 0.15) is 63.5 Å². The number of ketones is 2. The molecule has 38 heavy (non-hydrogen) atoms. The molecule has 10 nitrogen and oxygen atoms in total. The first-order valence-corrected chi connectivity index (χ1v) is 13.3. The Balaban J connectivity index is 1.29. The molecule has 1 aromatic rings. The summed E-state index contributed by atoms with van der Waals surface area (Å²) < 4.78 is 21.2. The Morgan fingerprint density at radius 3 is 2.39 bits per heavy atom. The number of nitrogens with zero attached hydrogens (tertiary/aromatic N) is 1. The Bertz CT molecular complexity index is 1030. The van der Waals surface area contributed by atoms with E-state index in [1.54, 1.807) is 0 Å². The van der Waals surface area contributed by atoms with Crippen LogP contribution < -0.4 is 10.2 Å². The molecule has 1 N–H and O–H groups in total. The molecule has 0 spiro atoms. The maximum atomic E-state index is 12.1. The van der Waals surface area contributed by atoms with Crippen molar-refractivity contribution in [3.05, 3.63) is 29.3 Å². The molecule has 1 aromatic carbocycles. The Kier molecular flexibility index (Phi) is 11.3. The lowest BCUT2D eigenvalue weighted by atomic mass is 9.90. The summed E-state index contributed by atoms with van der Waals surface area (Å²) in [7, 11) is 0. The van der Waals surface area contributed by atoms with Gasteiger partial charge in [0, 0.05) is 29.6 Å². The van der Waals surface area contributed by atoms with Gasteiger partial charge in [-0.15, -0.1) is 0 Å². The van der Waals surface area contributed by atoms with E-state index in [-0.39, 0.29) is 56.4 Å². The maximum absolute atomic E-state index is 12.1. The number of rotatable bonds is 14. The largest absolute Gasteiger partial charge is 0.491 e. The lowest BCUT2D eigenvalue weighted by molar-refractivity contribution is -0.158. The van der Waals surface area contributed by atoms with Crippen LogP contribution in [0.25, 0.3) is 0 Å². The molecule has 0 unspecified atom stereocenters. The predicted octanol–water partition coefficient (Wildman–Crippen LogP) is 2.59. The van der Waals surface area contributed by atoms with E-state index >= 15 is 0 Å². The topological polar surface area (TPSA) is 130 Å². The lowest BCUT2D eigenvalue weighted by Gasteiger charge is -2.20. The van der Waals surface area contributed by atoms with Gasteiger partial charge in [0.15, 0.2) is 11.6 Å². The average molecular weight is 549 g/mol. The number of hydrogen-bond donors (Lipinski definition) is 2. The molecule has 11 heteroatoms. The third-order valence-corrected chi connectivity index (χ3v) is 6.09. The van der Waals surface area contributed by atoms with E-state index < -0.39 is 16.8 Å². The SMILES string of the molecule is CC(C)(S)CC(=O)N/N=C1\CCCc2cc(OCCOCCOCCC(=O)OC3C(=O)CCC3=O)ccc21. The van der Waals surface area contributed by atoms with Crippen molar-refractivity contribution in [1.29, 1.82) is 0 Å². The zero-order valence-electron chi connectivity index (χ0n) is 22.0. The maximum Gasteiger partial charge on any atom is 0.309 e. The Labute approximate surface area is 228 Å². The van der Waals surface area contributed by atoms with E-state index in [1.165, 1.54) is 0 Å². The third kappa shape index (κ3) is 9.85. The van der Waals surface area contributed by atoms with E-state index in [0.717, 1.165) is 41.9 Å². The zero-order valence-corrected chi connectivity index (χ0v) is 22.8. The van der Waals surface area contributed by atoms with Crippen molar-refractivity contribution in [2.75, 3.05) is 33.0 Å². The molecular weight excluding hydrogens is 512 g/mol. The fourth-order valence-electron chi connectivity index (χ4n) is 4.11. The van der Waals surface area contributed by atoms with Crippen LogP contribution >= 0.6 is 12.6 Å². The summed E-state index contributed by atoms with van der Waals surface area (Å²) in [5.74, 6) is -0.735. The highest BCUT2D eigenvalue weighted by molar-refractivity contribution is 7.81. The standard InChI is InChI=1S/C27H36N2O8S/c1-27(2,38)17-24(32)29-28-21-5-3-4-18-16-19(6-7-20(18)21)36-15-14-35-13-12-34-11-10-25(33)37-26-22(30)8-9-23(26)31/h6-7,16,26,38H,3-5,8-15,17H2,1-2H3,(H,29,32)/b28-21+. The van der Waals surface area contributed by atoms with Crippen LogP contribution in [0.15, 0.2) is 23.3 Å². The minimum Gasteiger partial charge on any atom is -0.491 e. The lowest BCUT2D eigenvalue weighted by Crippen LogP contribution is -2.28. The molecule has 0 radical (unpaired) electrons. The summed E-state index contributed by atoms with van der Waals surface area (Å²) in [5.41, 5.74) is 5.66. The van der Waals surface area contributed by atoms with Crippen LogP contribution in [0, 0.1) is 0 Å². The van der Waals surface area contributed by atoms with Crippen LogP contribution in [0.5, 0.6) is 5.75 Å². The van der Waals surface area contributed by atoms with Crippen molar-refractivity contribution >= 4 is 41.8 Å². The number of ether oxygens (including phenoxy) is 4. The highest BCUT2D eigenvalue weighted by Gasteiger charge is 2.35. The first kappa shape index (κ1) is 29.8. The van der Waals surface area contributed by atoms with Gasteiger partial charge < -0.3 is 18.9 Å². The molecule has 1 amide bonds. The van der Waals surface area contributed by atoms with Crippen LogP contribution in [0.2, 0.25) is 0 Å². The number of amides is 1. The van der Waals surface area contributed by atoms with Crippen LogP contribution in [-0.2, 0) is 39.8 Å². The van der Waals surface area contributed by atoms with E-state index in [2.05, 4.69) is 23.2 Å². The van der Waals surface area contributed by atoms with Gasteiger partial charge in [-0.05, 0) is 43.0 Å². The quantitative estimate of drug-likeness (QED) is 0.119. The van der Waals surface area contributed by atoms with Crippen LogP contribution in [0.4, 0.5) is 0 Å². The van der Waals surface area contributed by atoms with Crippen molar-refractivity contribution in [2.45, 2.75) is 69.6 Å². The van der Waals surface area contributed by atoms with Gasteiger partial charge in [0.05, 0.1) is 38.6 Å². The van der Waals surface area contributed by atoms with Crippen molar-refractivity contribution < 1.29 is 38.1 Å². The third-order valence-electron chi connectivity index (χ3n) is 5.93. The summed E-state index contributed by atoms with van der Waals surface area (Å²) in [6, 6.07) is 5.85. The highest BCUT2D eigenvalue weighted by Crippen LogP contribution is 2.26. The molecule has 1 saturated carbocycles. The van der Waals surface area contributed by atoms with Crippen LogP contribution in [0.3, 0.4) is 0 Å². The number of nitrogens with one attached hydrogen (secondary N) is 1. The minimum absolute atomic E-state index is 0.0366. The molecule has 0 atom stereocenters. The number of aryl methyl sites for hydroxylation is 1. The monoisotopic (exact) mass is 548 g/mol. The second kappa shape index (κ2) is 14.4. The summed E-state index contributed by atoms with van der Waals surface area (Å²) in [4.78, 5) is 46.8. The number of Topliss-reactive ketones (excluding diaryl/α,β-unsaturated/α-hetero) is 2. The second-order valence-electron chi connectivity index (χ2n) is 9.88. The Morgan fingerprint density at radius 2 is 1.68 bits per heavy atom. The van der Waals surface area contributed by atoms with Crippen molar-refractivity contribution in [1.82, 2.24) is 5.43 Å². The summed E-state index contributed by atoms with van der Waals surface area (Å²) in [6.07, 6.45) is 1.93. The predicted molar refractivity (Wildman–Crippen MR) is 143 cm³/mol. The van der Waals surface area contributed by atoms with Crippen molar-refractivity contribution in [3.8, 4) is 5.75 Å². The number of hydrogen-bond acceptors (Lipinski definition) is 10. The van der Waals surface area contributed by atoms with Gasteiger partial charge in [-0.2, -0.15) is 17.7 Å². The van der Waals surface area contributed by atoms with Gasteiger partial charge in [0.1, 0.15) is 12.4 Å². The Morgan fingerprint density at radius 1 is 1.00 bits per heavy atom. The van der Waals surface area contributed by atoms with Gasteiger partial charge in [0.25, 0.3) is 0 Å². The van der Waals surface area contributed by atoms with E-state index in [1.807, 2.05) is 32.0 Å². The number of benzene rings is 1. The van der Waals surface area contributed by atoms with Gasteiger partial charge in [-0.3, -0.25) is 19.2 Å². The highest BCUT2D eigenvalue weighted by atomic mass is 32.1. The van der Waals surface area contributed by atoms with Crippen molar-refractivity contribution in [3.63, 3.8) is 0 Å². The second-order valence-corrected chi connectivity index (χ2v) is 11.1. The normalized spacial score (nSPS) is 17.0. The van der Waals surface area contributed by atoms with Gasteiger partial charge in [-0.1, -0.05) is 13.8 Å². The number of esters is 1. The van der Waals surface area contributed by atoms with Gasteiger partial charge in [0.2, 0.25) is 12.0 Å². The Hall–Kier alpha value is -2.76. The molecule has 0 heterocycles. The van der Waals surface area contributed by atoms with E-state index in [9.17, 15) is 19.2 Å². The molecule has 2 aliphatic rings. The average Bonchev–Trinajstić information content (AvgIpc) is 3.17. The molecule has 0 aromatic heterocycles. The molecule has 0 aliphatic heterocycles. The first-order chi connectivity index (χ1) is 18.1. The molecule has 208 valence electrons. The molecule has 0 bridgehead atoms. The summed E-state index contributed by atoms with van der Waals surface area (Å²) in [6.45, 7) is 5.24. The molecule has 3 rings (SSSR count). The van der Waals surface area contributed by atoms with E-state index in [0.29, 0.717) is 19.8 Å². The van der Waals surface area contributed by atoms with Crippen LogP contribution in [-0.4, -0.2) is 73.0 Å². The first-order valence-electron chi connectivity index (χ1n) is 12.9.